The van der Waals surface area contributed by atoms with Crippen LogP contribution in [0.5, 0.6) is 0 Å². The van der Waals surface area contributed by atoms with Crippen molar-refractivity contribution in [3.05, 3.63) is 35.9 Å². The second kappa shape index (κ2) is 16.7. The lowest BCUT2D eigenvalue weighted by Gasteiger charge is -2.37. The van der Waals surface area contributed by atoms with Crippen LogP contribution in [0.3, 0.4) is 0 Å². The molecule has 8 heteroatoms. The van der Waals surface area contributed by atoms with Crippen molar-refractivity contribution in [3.8, 4) is 0 Å². The van der Waals surface area contributed by atoms with Crippen LogP contribution in [-0.4, -0.2) is 72.1 Å². The highest BCUT2D eigenvalue weighted by Gasteiger charge is 2.37. The molecule has 40 heavy (non-hydrogen) atoms. The molecule has 3 atom stereocenters. The first kappa shape index (κ1) is 35.6. The summed E-state index contributed by atoms with van der Waals surface area (Å²) in [6.45, 7) is 18.5. The van der Waals surface area contributed by atoms with Gasteiger partial charge < -0.3 is 19.3 Å². The van der Waals surface area contributed by atoms with E-state index in [-0.39, 0.29) is 48.5 Å². The van der Waals surface area contributed by atoms with Crippen LogP contribution < -0.4 is 5.32 Å². The molecule has 0 unspecified atom stereocenters. The molecular weight excluding hydrogens is 506 g/mol. The quantitative estimate of drug-likeness (QED) is 0.219. The molecule has 0 aromatic heterocycles. The van der Waals surface area contributed by atoms with Crippen LogP contribution in [0, 0.1) is 17.8 Å². The highest BCUT2D eigenvalue weighted by Crippen LogP contribution is 2.20. The topological polar surface area (TPSA) is 88.2 Å². The number of amides is 2. The standard InChI is InChI=1S/C32H55N3O5/c1-22(2)17-26(33-21-40-32(7,8)9)29(36)34(10)27(18-23(3)4)30(37)35(11)28(19-24(5)6)31(38)39-20-25-15-13-12-14-16-25/h12-16,22-24,26-28,33H,17-21H2,1-11H3/t26-,27-,28-/m0/s1. The van der Waals surface area contributed by atoms with Crippen molar-refractivity contribution >= 4 is 17.8 Å². The number of carbonyl (C=O) groups is 3. The zero-order valence-corrected chi connectivity index (χ0v) is 26.8. The fourth-order valence-electron chi connectivity index (χ4n) is 4.44. The molecule has 8 nitrogen and oxygen atoms in total. The maximum absolute atomic E-state index is 14.0. The summed E-state index contributed by atoms with van der Waals surface area (Å²) in [5.41, 5.74) is 0.541. The van der Waals surface area contributed by atoms with Crippen molar-refractivity contribution in [2.45, 2.75) is 112 Å². The van der Waals surface area contributed by atoms with Gasteiger partial charge in [-0.2, -0.15) is 0 Å². The van der Waals surface area contributed by atoms with Gasteiger partial charge in [0.05, 0.1) is 18.4 Å². The Hall–Kier alpha value is -2.45. The number of nitrogens with one attached hydrogen (secondary N) is 1. The maximum Gasteiger partial charge on any atom is 0.329 e. The molecule has 0 fully saturated rings. The van der Waals surface area contributed by atoms with Gasteiger partial charge in [-0.05, 0) is 63.4 Å². The van der Waals surface area contributed by atoms with E-state index in [1.54, 1.807) is 19.0 Å². The average molecular weight is 562 g/mol. The Morgan fingerprint density at radius 2 is 1.27 bits per heavy atom. The van der Waals surface area contributed by atoms with Gasteiger partial charge in [0.2, 0.25) is 11.8 Å². The third-order valence-electron chi connectivity index (χ3n) is 6.64. The molecule has 1 aromatic carbocycles. The highest BCUT2D eigenvalue weighted by molar-refractivity contribution is 5.92. The largest absolute Gasteiger partial charge is 0.459 e. The van der Waals surface area contributed by atoms with E-state index < -0.39 is 24.1 Å². The number of esters is 1. The molecule has 0 aliphatic rings. The monoisotopic (exact) mass is 561 g/mol. The fraction of sp³-hybridized carbons (Fsp3) is 0.719. The van der Waals surface area contributed by atoms with E-state index in [1.165, 1.54) is 4.90 Å². The van der Waals surface area contributed by atoms with Gasteiger partial charge in [-0.1, -0.05) is 71.9 Å². The summed E-state index contributed by atoms with van der Waals surface area (Å²) in [4.78, 5) is 44.1. The third-order valence-corrected chi connectivity index (χ3v) is 6.64. The maximum atomic E-state index is 14.0. The zero-order valence-electron chi connectivity index (χ0n) is 26.8. The molecule has 0 aliphatic carbocycles. The van der Waals surface area contributed by atoms with Crippen molar-refractivity contribution in [2.24, 2.45) is 17.8 Å². The number of benzene rings is 1. The first-order valence-corrected chi connectivity index (χ1v) is 14.6. The van der Waals surface area contributed by atoms with E-state index in [4.69, 9.17) is 9.47 Å². The zero-order chi connectivity index (χ0) is 30.6. The van der Waals surface area contributed by atoms with Gasteiger partial charge in [-0.25, -0.2) is 4.79 Å². The minimum absolute atomic E-state index is 0.142. The molecule has 0 spiro atoms. The Morgan fingerprint density at radius 3 is 1.77 bits per heavy atom. The molecule has 0 radical (unpaired) electrons. The smallest absolute Gasteiger partial charge is 0.329 e. The lowest BCUT2D eigenvalue weighted by atomic mass is 9.97. The lowest BCUT2D eigenvalue weighted by Crippen LogP contribution is -2.57. The summed E-state index contributed by atoms with van der Waals surface area (Å²) in [7, 11) is 3.33. The van der Waals surface area contributed by atoms with Gasteiger partial charge in [-0.15, -0.1) is 0 Å². The number of rotatable bonds is 16. The van der Waals surface area contributed by atoms with E-state index >= 15 is 0 Å². The van der Waals surface area contributed by atoms with Gasteiger partial charge >= 0.3 is 5.97 Å². The normalized spacial score (nSPS) is 14.2. The summed E-state index contributed by atoms with van der Waals surface area (Å²) in [6, 6.07) is 7.52. The molecule has 228 valence electrons. The molecular formula is C32H55N3O5. The van der Waals surface area contributed by atoms with Gasteiger partial charge in [0.25, 0.3) is 0 Å². The molecule has 0 saturated carbocycles. The number of carbonyl (C=O) groups excluding carboxylic acids is 3. The van der Waals surface area contributed by atoms with E-state index in [0.717, 1.165) is 5.56 Å². The number of ether oxygens (including phenoxy) is 2. The van der Waals surface area contributed by atoms with E-state index in [1.807, 2.05) is 78.8 Å². The van der Waals surface area contributed by atoms with Crippen LogP contribution in [0.4, 0.5) is 0 Å². The van der Waals surface area contributed by atoms with Crippen LogP contribution in [0.15, 0.2) is 30.3 Å². The summed E-state index contributed by atoms with van der Waals surface area (Å²) in [5.74, 6) is -0.279. The van der Waals surface area contributed by atoms with Crippen molar-refractivity contribution in [1.82, 2.24) is 15.1 Å². The Morgan fingerprint density at radius 1 is 0.775 bits per heavy atom. The molecule has 0 saturated heterocycles. The van der Waals surface area contributed by atoms with Crippen LogP contribution in [-0.2, 0) is 30.5 Å². The summed E-state index contributed by atoms with van der Waals surface area (Å²) in [5, 5.41) is 3.25. The summed E-state index contributed by atoms with van der Waals surface area (Å²) in [6.07, 6.45) is 1.55. The Balaban J connectivity index is 3.16. The molecule has 1 rings (SSSR count). The third kappa shape index (κ3) is 12.8. The number of hydrogen-bond donors (Lipinski definition) is 1. The minimum atomic E-state index is -0.751. The van der Waals surface area contributed by atoms with Crippen LogP contribution >= 0.6 is 0 Å². The molecule has 0 heterocycles. The van der Waals surface area contributed by atoms with E-state index in [2.05, 4.69) is 19.2 Å². The molecule has 1 aromatic rings. The second-order valence-corrected chi connectivity index (χ2v) is 13.1. The Kier molecular flexibility index (Phi) is 14.9. The summed E-state index contributed by atoms with van der Waals surface area (Å²) >= 11 is 0. The lowest BCUT2D eigenvalue weighted by molar-refractivity contribution is -0.159. The van der Waals surface area contributed by atoms with Gasteiger partial charge in [-0.3, -0.25) is 14.9 Å². The number of likely N-dealkylation sites (N-methyl/N-ethyl adjacent to an activating group) is 2. The predicted molar refractivity (Wildman–Crippen MR) is 160 cm³/mol. The van der Waals surface area contributed by atoms with Crippen LogP contribution in [0.1, 0.15) is 87.1 Å². The molecule has 1 N–H and O–H groups in total. The second-order valence-electron chi connectivity index (χ2n) is 13.1. The minimum Gasteiger partial charge on any atom is -0.459 e. The molecule has 0 aliphatic heterocycles. The number of nitrogens with zero attached hydrogens (tertiary/aromatic N) is 2. The first-order valence-electron chi connectivity index (χ1n) is 14.6. The van der Waals surface area contributed by atoms with Crippen LogP contribution in [0.25, 0.3) is 0 Å². The van der Waals surface area contributed by atoms with Crippen molar-refractivity contribution in [2.75, 3.05) is 20.8 Å². The first-order chi connectivity index (χ1) is 18.5. The fourth-order valence-corrected chi connectivity index (χ4v) is 4.44. The van der Waals surface area contributed by atoms with E-state index in [9.17, 15) is 14.4 Å². The average Bonchev–Trinajstić information content (AvgIpc) is 2.86. The molecule has 0 bridgehead atoms. The molecule has 2 amide bonds. The Bertz CT molecular complexity index is 911. The van der Waals surface area contributed by atoms with Gasteiger partial charge in [0.1, 0.15) is 18.7 Å². The summed E-state index contributed by atoms with van der Waals surface area (Å²) < 4.78 is 11.5. The highest BCUT2D eigenvalue weighted by atomic mass is 16.5. The van der Waals surface area contributed by atoms with E-state index in [0.29, 0.717) is 19.3 Å². The van der Waals surface area contributed by atoms with Crippen LogP contribution in [0.2, 0.25) is 0 Å². The Labute approximate surface area is 243 Å². The van der Waals surface area contributed by atoms with Crippen molar-refractivity contribution in [3.63, 3.8) is 0 Å². The number of hydrogen-bond acceptors (Lipinski definition) is 6. The van der Waals surface area contributed by atoms with Crippen molar-refractivity contribution < 1.29 is 23.9 Å². The van der Waals surface area contributed by atoms with Crippen molar-refractivity contribution in [1.29, 1.82) is 0 Å². The van der Waals surface area contributed by atoms with Gasteiger partial charge in [0.15, 0.2) is 0 Å². The SMILES string of the molecule is CC(C)C[C@H](NCOC(C)(C)C)C(=O)N(C)[C@@H](CC(C)C)C(=O)N(C)[C@@H](CC(C)C)C(=O)OCc1ccccc1. The predicted octanol–water partition coefficient (Wildman–Crippen LogP) is 5.25. The van der Waals surface area contributed by atoms with Gasteiger partial charge in [0, 0.05) is 14.1 Å².